The molecule has 0 aliphatic heterocycles. The third-order valence-corrected chi connectivity index (χ3v) is 4.14. The molecule has 0 spiro atoms. The van der Waals surface area contributed by atoms with Crippen LogP contribution in [0.25, 0.3) is 11.3 Å². The fourth-order valence-electron chi connectivity index (χ4n) is 1.98. The monoisotopic (exact) mass is 343 g/mol. The summed E-state index contributed by atoms with van der Waals surface area (Å²) in [7, 11) is 0. The van der Waals surface area contributed by atoms with Crippen LogP contribution in [0.15, 0.2) is 53.9 Å². The molecule has 3 rings (SSSR count). The average Bonchev–Trinajstić information content (AvgIpc) is 2.98. The number of thiazole rings is 1. The number of benzene rings is 2. The van der Waals surface area contributed by atoms with Crippen LogP contribution < -0.4 is 10.6 Å². The van der Waals surface area contributed by atoms with Crippen molar-refractivity contribution >= 4 is 39.5 Å². The number of hydrogen-bond acceptors (Lipinski definition) is 3. The van der Waals surface area contributed by atoms with Crippen LogP contribution in [0.2, 0.25) is 0 Å². The molecule has 3 nitrogen and oxygen atoms in total. The van der Waals surface area contributed by atoms with Crippen molar-refractivity contribution < 1.29 is 4.39 Å². The van der Waals surface area contributed by atoms with Crippen LogP contribution in [0.5, 0.6) is 0 Å². The van der Waals surface area contributed by atoms with Gasteiger partial charge in [0.25, 0.3) is 0 Å². The van der Waals surface area contributed by atoms with Crippen molar-refractivity contribution in [1.82, 2.24) is 4.98 Å². The van der Waals surface area contributed by atoms with Crippen molar-refractivity contribution in [2.45, 2.75) is 6.92 Å². The summed E-state index contributed by atoms with van der Waals surface area (Å²) in [6.07, 6.45) is 0. The SMILES string of the molecule is Cc1ccc(NC(=S)Nc2nc(-c3ccc(F)cc3)cs2)cc1. The van der Waals surface area contributed by atoms with E-state index in [2.05, 4.69) is 15.6 Å². The van der Waals surface area contributed by atoms with E-state index in [0.29, 0.717) is 10.2 Å². The largest absolute Gasteiger partial charge is 0.332 e. The summed E-state index contributed by atoms with van der Waals surface area (Å²) < 4.78 is 13.0. The normalized spacial score (nSPS) is 10.3. The van der Waals surface area contributed by atoms with E-state index < -0.39 is 0 Å². The van der Waals surface area contributed by atoms with Gasteiger partial charge < -0.3 is 10.6 Å². The smallest absolute Gasteiger partial charge is 0.189 e. The third-order valence-electron chi connectivity index (χ3n) is 3.17. The Kier molecular flexibility index (Phi) is 4.64. The fourth-order valence-corrected chi connectivity index (χ4v) is 2.98. The highest BCUT2D eigenvalue weighted by atomic mass is 32.1. The van der Waals surface area contributed by atoms with Gasteiger partial charge in [-0.25, -0.2) is 9.37 Å². The van der Waals surface area contributed by atoms with E-state index in [0.717, 1.165) is 16.9 Å². The summed E-state index contributed by atoms with van der Waals surface area (Å²) in [5, 5.41) is 9.25. The van der Waals surface area contributed by atoms with Crippen LogP contribution in [0, 0.1) is 12.7 Å². The zero-order valence-corrected chi connectivity index (χ0v) is 14.0. The number of halogens is 1. The van der Waals surface area contributed by atoms with Crippen LogP contribution in [-0.4, -0.2) is 10.1 Å². The molecule has 0 saturated carbocycles. The Morgan fingerprint density at radius 3 is 2.43 bits per heavy atom. The van der Waals surface area contributed by atoms with Gasteiger partial charge in [0.05, 0.1) is 5.69 Å². The van der Waals surface area contributed by atoms with Crippen molar-refractivity contribution in [2.75, 3.05) is 10.6 Å². The topological polar surface area (TPSA) is 37.0 Å². The van der Waals surface area contributed by atoms with E-state index in [1.54, 1.807) is 12.1 Å². The Hall–Kier alpha value is -2.31. The molecule has 0 aliphatic carbocycles. The Bertz CT molecular complexity index is 811. The Morgan fingerprint density at radius 1 is 1.04 bits per heavy atom. The van der Waals surface area contributed by atoms with Gasteiger partial charge in [-0.3, -0.25) is 0 Å². The van der Waals surface area contributed by atoms with E-state index in [1.807, 2.05) is 36.6 Å². The van der Waals surface area contributed by atoms with Crippen molar-refractivity contribution in [3.63, 3.8) is 0 Å². The zero-order valence-electron chi connectivity index (χ0n) is 12.3. The second kappa shape index (κ2) is 6.85. The molecule has 23 heavy (non-hydrogen) atoms. The summed E-state index contributed by atoms with van der Waals surface area (Å²) in [4.78, 5) is 4.46. The highest BCUT2D eigenvalue weighted by Crippen LogP contribution is 2.25. The first-order valence-electron chi connectivity index (χ1n) is 6.96. The zero-order chi connectivity index (χ0) is 16.2. The number of rotatable bonds is 3. The number of nitrogens with zero attached hydrogens (tertiary/aromatic N) is 1. The van der Waals surface area contributed by atoms with Crippen LogP contribution in [0.1, 0.15) is 5.56 Å². The minimum absolute atomic E-state index is 0.259. The van der Waals surface area contributed by atoms with Crippen LogP contribution in [0.4, 0.5) is 15.2 Å². The van der Waals surface area contributed by atoms with E-state index in [1.165, 1.54) is 29.0 Å². The first kappa shape index (κ1) is 15.6. The minimum atomic E-state index is -0.259. The fraction of sp³-hybridized carbons (Fsp3) is 0.0588. The Labute approximate surface area is 143 Å². The molecule has 2 aromatic carbocycles. The Balaban J connectivity index is 1.65. The van der Waals surface area contributed by atoms with Gasteiger partial charge >= 0.3 is 0 Å². The van der Waals surface area contributed by atoms with Gasteiger partial charge in [0, 0.05) is 16.6 Å². The molecule has 1 heterocycles. The second-order valence-corrected chi connectivity index (χ2v) is 6.26. The molecule has 0 atom stereocenters. The predicted molar refractivity (Wildman–Crippen MR) is 98.5 cm³/mol. The van der Waals surface area contributed by atoms with Crippen molar-refractivity contribution in [2.24, 2.45) is 0 Å². The number of aromatic nitrogens is 1. The molecular formula is C17H14FN3S2. The predicted octanol–water partition coefficient (Wildman–Crippen LogP) is 5.07. The molecule has 0 amide bonds. The maximum Gasteiger partial charge on any atom is 0.189 e. The van der Waals surface area contributed by atoms with Crippen molar-refractivity contribution in [3.05, 3.63) is 65.3 Å². The highest BCUT2D eigenvalue weighted by Gasteiger charge is 2.06. The highest BCUT2D eigenvalue weighted by molar-refractivity contribution is 7.80. The number of anilines is 2. The summed E-state index contributed by atoms with van der Waals surface area (Å²) in [5.41, 5.74) is 3.77. The van der Waals surface area contributed by atoms with E-state index in [4.69, 9.17) is 12.2 Å². The first-order chi connectivity index (χ1) is 11.1. The lowest BCUT2D eigenvalue weighted by atomic mass is 10.2. The summed E-state index contributed by atoms with van der Waals surface area (Å²) in [6, 6.07) is 14.2. The molecule has 0 radical (unpaired) electrons. The van der Waals surface area contributed by atoms with Gasteiger partial charge in [0.2, 0.25) is 0 Å². The van der Waals surface area contributed by atoms with E-state index in [-0.39, 0.29) is 5.82 Å². The second-order valence-electron chi connectivity index (χ2n) is 4.99. The van der Waals surface area contributed by atoms with Crippen LogP contribution in [0.3, 0.4) is 0 Å². The lowest BCUT2D eigenvalue weighted by molar-refractivity contribution is 0.628. The molecular weight excluding hydrogens is 329 g/mol. The molecule has 2 N–H and O–H groups in total. The number of thiocarbonyl (C=S) groups is 1. The molecule has 0 bridgehead atoms. The lowest BCUT2D eigenvalue weighted by Crippen LogP contribution is -2.18. The molecule has 0 fully saturated rings. The number of nitrogens with one attached hydrogen (secondary N) is 2. The molecule has 0 saturated heterocycles. The first-order valence-corrected chi connectivity index (χ1v) is 8.25. The van der Waals surface area contributed by atoms with Crippen LogP contribution >= 0.6 is 23.6 Å². The van der Waals surface area contributed by atoms with Crippen LogP contribution in [-0.2, 0) is 0 Å². The summed E-state index contributed by atoms with van der Waals surface area (Å²) >= 11 is 6.74. The molecule has 0 unspecified atom stereocenters. The standard InChI is InChI=1S/C17H14FN3S2/c1-11-2-8-14(9-3-11)19-16(22)21-17-20-15(10-23-17)12-4-6-13(18)7-5-12/h2-10H,1H3,(H2,19,20,21,22). The minimum Gasteiger partial charge on any atom is -0.332 e. The van der Waals surface area contributed by atoms with Gasteiger partial charge in [-0.15, -0.1) is 11.3 Å². The maximum atomic E-state index is 13.0. The van der Waals surface area contributed by atoms with Gasteiger partial charge in [0.1, 0.15) is 5.82 Å². The maximum absolute atomic E-state index is 13.0. The van der Waals surface area contributed by atoms with Crippen molar-refractivity contribution in [1.29, 1.82) is 0 Å². The lowest BCUT2D eigenvalue weighted by Gasteiger charge is -2.08. The average molecular weight is 343 g/mol. The number of hydrogen-bond donors (Lipinski definition) is 2. The number of aryl methyl sites for hydroxylation is 1. The molecule has 1 aromatic heterocycles. The quantitative estimate of drug-likeness (QED) is 0.651. The molecule has 3 aromatic rings. The van der Waals surface area contributed by atoms with Gasteiger partial charge in [0.15, 0.2) is 10.2 Å². The Morgan fingerprint density at radius 2 is 1.74 bits per heavy atom. The summed E-state index contributed by atoms with van der Waals surface area (Å²) in [5.74, 6) is -0.259. The van der Waals surface area contributed by atoms with E-state index in [9.17, 15) is 4.39 Å². The van der Waals surface area contributed by atoms with Gasteiger partial charge in [-0.05, 0) is 55.5 Å². The summed E-state index contributed by atoms with van der Waals surface area (Å²) in [6.45, 7) is 2.03. The van der Waals surface area contributed by atoms with Gasteiger partial charge in [-0.1, -0.05) is 17.7 Å². The van der Waals surface area contributed by atoms with Crippen molar-refractivity contribution in [3.8, 4) is 11.3 Å². The van der Waals surface area contributed by atoms with E-state index >= 15 is 0 Å². The molecule has 0 aliphatic rings. The third kappa shape index (κ3) is 4.12. The molecule has 6 heteroatoms. The molecule has 116 valence electrons. The van der Waals surface area contributed by atoms with Gasteiger partial charge in [-0.2, -0.15) is 0 Å².